The van der Waals surface area contributed by atoms with Crippen LogP contribution in [0.2, 0.25) is 10.0 Å². The molecule has 8 nitrogen and oxygen atoms in total. The monoisotopic (exact) mass is 566 g/mol. The van der Waals surface area contributed by atoms with Gasteiger partial charge < -0.3 is 28.7 Å². The number of benzene rings is 2. The summed E-state index contributed by atoms with van der Waals surface area (Å²) in [5.41, 5.74) is -0.721. The van der Waals surface area contributed by atoms with E-state index < -0.39 is 29.7 Å². The molecule has 2 N–H and O–H groups in total. The highest BCUT2D eigenvalue weighted by molar-refractivity contribution is 8.18. The van der Waals surface area contributed by atoms with Gasteiger partial charge in [0.25, 0.3) is 13.0 Å². The van der Waals surface area contributed by atoms with Crippen LogP contribution in [0.4, 0.5) is 21.0 Å². The van der Waals surface area contributed by atoms with E-state index in [1.165, 1.54) is 0 Å². The lowest BCUT2D eigenvalue weighted by Crippen LogP contribution is -2.46. The van der Waals surface area contributed by atoms with Crippen molar-refractivity contribution in [2.75, 3.05) is 37.1 Å². The number of carbonyl (C=O) groups excluding carboxylic acids is 2. The van der Waals surface area contributed by atoms with E-state index in [1.807, 2.05) is 0 Å². The minimum Gasteiger partial charge on any atom is -0.322 e. The molecule has 1 spiro atoms. The Hall–Kier alpha value is -0.900. The van der Waals surface area contributed by atoms with E-state index in [2.05, 4.69) is 10.6 Å². The van der Waals surface area contributed by atoms with Gasteiger partial charge in [0.1, 0.15) is 0 Å². The molecule has 0 saturated carbocycles. The molecule has 4 rings (SSSR count). The van der Waals surface area contributed by atoms with Crippen LogP contribution < -0.4 is 10.6 Å². The van der Waals surface area contributed by atoms with Crippen LogP contribution in [0.1, 0.15) is 0 Å². The molecule has 0 bridgehead atoms. The van der Waals surface area contributed by atoms with Crippen molar-refractivity contribution in [1.29, 1.82) is 0 Å². The van der Waals surface area contributed by atoms with Gasteiger partial charge in [-0.15, -0.1) is 0 Å². The SMILES string of the molecule is O=C(Nc1ccc(Cl)cc1)P1(=S)OCC2(CO1)COP(=S)(C(=O)Nc1ccc(Cl)cc1)OC2. The largest absolute Gasteiger partial charge is 0.322 e. The fraction of sp³-hybridized carbons (Fsp3) is 0.263. The highest BCUT2D eigenvalue weighted by Crippen LogP contribution is 2.60. The smallest absolute Gasteiger partial charge is 0.309 e. The van der Waals surface area contributed by atoms with Gasteiger partial charge in [-0.2, -0.15) is 0 Å². The van der Waals surface area contributed by atoms with Crippen molar-refractivity contribution in [3.8, 4) is 0 Å². The summed E-state index contributed by atoms with van der Waals surface area (Å²) in [6.45, 7) is -6.18. The van der Waals surface area contributed by atoms with E-state index in [4.69, 9.17) is 64.9 Å². The molecule has 2 amide bonds. The summed E-state index contributed by atoms with van der Waals surface area (Å²) in [5, 5.41) is 6.46. The van der Waals surface area contributed by atoms with E-state index in [0.29, 0.717) is 21.4 Å². The average molecular weight is 567 g/mol. The maximum Gasteiger partial charge on any atom is 0.309 e. The summed E-state index contributed by atoms with van der Waals surface area (Å²) in [6, 6.07) is 13.2. The molecule has 0 radical (unpaired) electrons. The number of anilines is 2. The maximum atomic E-state index is 12.6. The average Bonchev–Trinajstić information content (AvgIpc) is 2.81. The molecule has 0 aromatic heterocycles. The molecule has 2 saturated heterocycles. The van der Waals surface area contributed by atoms with E-state index in [1.54, 1.807) is 48.5 Å². The van der Waals surface area contributed by atoms with Gasteiger partial charge in [-0.25, -0.2) is 0 Å². The fourth-order valence-electron chi connectivity index (χ4n) is 2.90. The number of amides is 2. The Morgan fingerprint density at radius 1 is 0.697 bits per heavy atom. The molecule has 2 heterocycles. The van der Waals surface area contributed by atoms with Gasteiger partial charge in [0, 0.05) is 21.4 Å². The first-order valence-electron chi connectivity index (χ1n) is 9.54. The van der Waals surface area contributed by atoms with Crippen LogP contribution in [0.15, 0.2) is 48.5 Å². The van der Waals surface area contributed by atoms with Gasteiger partial charge in [-0.05, 0) is 72.1 Å². The van der Waals surface area contributed by atoms with Crippen LogP contribution in [0.25, 0.3) is 0 Å². The Balaban J connectivity index is 1.33. The molecular weight excluding hydrogens is 549 g/mol. The Morgan fingerprint density at radius 2 is 1.00 bits per heavy atom. The molecule has 0 unspecified atom stereocenters. The Labute approximate surface area is 210 Å². The molecular formula is C19H18Cl2N2O6P2S2. The van der Waals surface area contributed by atoms with Crippen molar-refractivity contribution in [3.05, 3.63) is 58.6 Å². The predicted molar refractivity (Wildman–Crippen MR) is 136 cm³/mol. The first kappa shape index (κ1) is 25.2. The Morgan fingerprint density at radius 3 is 1.30 bits per heavy atom. The minimum atomic E-state index is -3.24. The minimum absolute atomic E-state index is 0.0758. The third-order valence-corrected chi connectivity index (χ3v) is 10.7. The molecule has 2 fully saturated rings. The standard InChI is InChI=1S/C19H18Cl2N2O6P2S2/c20-13-1-5-15(6-2-13)22-17(24)30(32)26-9-19(10-27-30)11-28-31(33,29-12-19)18(25)23-16-7-3-14(21)4-8-16/h1-8H,9-12H2,(H,22,24)(H,23,25). The zero-order chi connectivity index (χ0) is 23.7. The van der Waals surface area contributed by atoms with Crippen molar-refractivity contribution >= 4 is 82.5 Å². The number of rotatable bonds is 4. The zero-order valence-electron chi connectivity index (χ0n) is 16.9. The number of halogens is 2. The number of hydrogen-bond acceptors (Lipinski definition) is 8. The van der Waals surface area contributed by atoms with Crippen LogP contribution in [0.5, 0.6) is 0 Å². The lowest BCUT2D eigenvalue weighted by atomic mass is 9.93. The van der Waals surface area contributed by atoms with Crippen molar-refractivity contribution in [2.24, 2.45) is 5.41 Å². The van der Waals surface area contributed by atoms with Gasteiger partial charge >= 0.3 is 11.3 Å². The molecule has 2 aromatic carbocycles. The summed E-state index contributed by atoms with van der Waals surface area (Å²) in [7, 11) is 0. The Kier molecular flexibility index (Phi) is 7.63. The van der Waals surface area contributed by atoms with E-state index >= 15 is 0 Å². The van der Waals surface area contributed by atoms with E-state index in [9.17, 15) is 9.59 Å². The van der Waals surface area contributed by atoms with Gasteiger partial charge in [-0.1, -0.05) is 23.2 Å². The number of hydrogen-bond donors (Lipinski definition) is 2. The lowest BCUT2D eigenvalue weighted by Gasteiger charge is -2.44. The van der Waals surface area contributed by atoms with Gasteiger partial charge in [-0.3, -0.25) is 9.59 Å². The highest BCUT2D eigenvalue weighted by atomic mass is 35.5. The van der Waals surface area contributed by atoms with Crippen molar-refractivity contribution in [2.45, 2.75) is 0 Å². The number of nitrogens with one attached hydrogen (secondary N) is 2. The maximum absolute atomic E-state index is 12.6. The molecule has 33 heavy (non-hydrogen) atoms. The molecule has 0 aliphatic carbocycles. The van der Waals surface area contributed by atoms with Crippen molar-refractivity contribution in [3.63, 3.8) is 0 Å². The van der Waals surface area contributed by atoms with Crippen molar-refractivity contribution in [1.82, 2.24) is 0 Å². The highest BCUT2D eigenvalue weighted by Gasteiger charge is 2.49. The molecule has 2 aromatic rings. The summed E-state index contributed by atoms with van der Waals surface area (Å²) >= 11 is 22.5. The quantitative estimate of drug-likeness (QED) is 0.407. The summed E-state index contributed by atoms with van der Waals surface area (Å²) < 4.78 is 22.9. The second-order valence-electron chi connectivity index (χ2n) is 7.46. The molecule has 0 atom stereocenters. The summed E-state index contributed by atoms with van der Waals surface area (Å²) in [5.74, 6) is 0. The molecule has 2 aliphatic heterocycles. The lowest BCUT2D eigenvalue weighted by molar-refractivity contribution is -0.0514. The molecule has 14 heteroatoms. The van der Waals surface area contributed by atoms with Gasteiger partial charge in [0.15, 0.2) is 0 Å². The van der Waals surface area contributed by atoms with Crippen LogP contribution in [-0.4, -0.2) is 37.7 Å². The predicted octanol–water partition coefficient (Wildman–Crippen LogP) is 6.46. The van der Waals surface area contributed by atoms with Crippen LogP contribution in [-0.2, 0) is 41.7 Å². The van der Waals surface area contributed by atoms with Gasteiger partial charge in [0.2, 0.25) is 0 Å². The molecule has 2 aliphatic rings. The van der Waals surface area contributed by atoms with Crippen LogP contribution in [0, 0.1) is 5.41 Å². The first-order valence-corrected chi connectivity index (χ1v) is 15.6. The fourth-order valence-corrected chi connectivity index (χ4v) is 6.98. The van der Waals surface area contributed by atoms with E-state index in [-0.39, 0.29) is 26.4 Å². The topological polar surface area (TPSA) is 95.1 Å². The van der Waals surface area contributed by atoms with Crippen LogP contribution in [0.3, 0.4) is 0 Å². The summed E-state index contributed by atoms with van der Waals surface area (Å²) in [4.78, 5) is 25.3. The Bertz CT molecular complexity index is 1050. The van der Waals surface area contributed by atoms with Gasteiger partial charge in [0.05, 0.1) is 31.8 Å². The summed E-state index contributed by atoms with van der Waals surface area (Å²) in [6.07, 6.45) is 0. The van der Waals surface area contributed by atoms with Crippen molar-refractivity contribution < 1.29 is 27.7 Å². The van der Waals surface area contributed by atoms with E-state index in [0.717, 1.165) is 0 Å². The second kappa shape index (κ2) is 9.99. The van der Waals surface area contributed by atoms with Crippen LogP contribution >= 0.6 is 36.2 Å². The first-order chi connectivity index (χ1) is 15.6. The third-order valence-electron chi connectivity index (χ3n) is 4.85. The normalized spacial score (nSPS) is 29.4. The molecule has 176 valence electrons. The number of carbonyl (C=O) groups is 2. The second-order valence-corrected chi connectivity index (χ2v) is 15.1. The zero-order valence-corrected chi connectivity index (χ0v) is 21.8. The third kappa shape index (κ3) is 5.85.